The number of alkyl halides is 4. The van der Waals surface area contributed by atoms with Crippen LogP contribution in [0.15, 0.2) is 0 Å². The van der Waals surface area contributed by atoms with Gasteiger partial charge in [0.1, 0.15) is 0 Å². The molecule has 0 aromatic carbocycles. The molecule has 2 fully saturated rings. The number of fused-ring (bicyclic) bond motifs is 2. The normalized spacial score (nSPS) is 29.2. The number of ether oxygens (including phenoxy) is 2. The molecule has 158 valence electrons. The van der Waals surface area contributed by atoms with E-state index >= 15 is 0 Å². The summed E-state index contributed by atoms with van der Waals surface area (Å²) in [6.45, 7) is 2.05. The first-order valence-corrected chi connectivity index (χ1v) is 9.76. The van der Waals surface area contributed by atoms with Crippen LogP contribution in [0.3, 0.4) is 0 Å². The molecule has 2 N–H and O–H groups in total. The molecule has 4 unspecified atom stereocenters. The first kappa shape index (κ1) is 22.3. The van der Waals surface area contributed by atoms with Gasteiger partial charge in [-0.15, -0.1) is 0 Å². The quantitative estimate of drug-likeness (QED) is 0.350. The van der Waals surface area contributed by atoms with Crippen LogP contribution in [0.4, 0.5) is 17.6 Å². The average molecular weight is 422 g/mol. The Morgan fingerprint density at radius 3 is 2.30 bits per heavy atom. The number of rotatable bonds is 8. The van der Waals surface area contributed by atoms with E-state index in [-0.39, 0.29) is 12.0 Å². The molecule has 2 aliphatic heterocycles. The molecule has 0 spiro atoms. The van der Waals surface area contributed by atoms with E-state index in [2.05, 4.69) is 4.74 Å². The van der Waals surface area contributed by atoms with E-state index in [0.29, 0.717) is 19.3 Å². The summed E-state index contributed by atoms with van der Waals surface area (Å²) in [7, 11) is -6.33. The molecular formula is C15H22F4O7S. The first-order chi connectivity index (χ1) is 12.1. The van der Waals surface area contributed by atoms with Crippen molar-refractivity contribution in [1.29, 1.82) is 0 Å². The van der Waals surface area contributed by atoms with E-state index in [1.54, 1.807) is 13.8 Å². The first-order valence-electron chi connectivity index (χ1n) is 8.32. The summed E-state index contributed by atoms with van der Waals surface area (Å²) in [5.74, 6) is -6.93. The zero-order chi connectivity index (χ0) is 20.8. The third-order valence-corrected chi connectivity index (χ3v) is 5.71. The van der Waals surface area contributed by atoms with Crippen molar-refractivity contribution in [2.75, 3.05) is 6.61 Å². The summed E-state index contributed by atoms with van der Waals surface area (Å²) < 4.78 is 92.3. The van der Waals surface area contributed by atoms with Gasteiger partial charge >= 0.3 is 27.3 Å². The number of aliphatic hydroxyl groups is 1. The van der Waals surface area contributed by atoms with Crippen LogP contribution < -0.4 is 0 Å². The summed E-state index contributed by atoms with van der Waals surface area (Å²) >= 11 is 0. The zero-order valence-electron chi connectivity index (χ0n) is 14.7. The Hall–Kier alpha value is -0.980. The number of esters is 1. The molecule has 0 radical (unpaired) electrons. The van der Waals surface area contributed by atoms with Gasteiger partial charge in [-0.1, -0.05) is 0 Å². The second-order valence-corrected chi connectivity index (χ2v) is 9.15. The maximum Gasteiger partial charge on any atom is 0.431 e. The highest BCUT2D eigenvalue weighted by Crippen LogP contribution is 2.46. The minimum Gasteiger partial charge on any atom is -0.465 e. The van der Waals surface area contributed by atoms with Gasteiger partial charge < -0.3 is 14.6 Å². The molecule has 0 aliphatic carbocycles. The fourth-order valence-electron chi connectivity index (χ4n) is 3.65. The highest BCUT2D eigenvalue weighted by molar-refractivity contribution is 7.87. The number of hydrogen-bond acceptors (Lipinski definition) is 6. The van der Waals surface area contributed by atoms with Crippen molar-refractivity contribution in [2.45, 2.75) is 68.5 Å². The van der Waals surface area contributed by atoms with Crippen LogP contribution in [-0.2, 0) is 24.4 Å². The van der Waals surface area contributed by atoms with Crippen molar-refractivity contribution in [3.8, 4) is 0 Å². The van der Waals surface area contributed by atoms with Crippen LogP contribution in [0.1, 0.15) is 39.5 Å². The molecule has 0 amide bonds. The Kier molecular flexibility index (Phi) is 5.89. The topological polar surface area (TPSA) is 110 Å². The molecule has 0 aromatic heterocycles. The summed E-state index contributed by atoms with van der Waals surface area (Å²) in [5, 5.41) is 4.21. The molecule has 2 aliphatic rings. The Morgan fingerprint density at radius 2 is 1.81 bits per heavy atom. The van der Waals surface area contributed by atoms with Crippen LogP contribution >= 0.6 is 0 Å². The van der Waals surface area contributed by atoms with E-state index in [0.717, 1.165) is 0 Å². The number of carbonyl (C=O) groups is 1. The van der Waals surface area contributed by atoms with Crippen molar-refractivity contribution < 1.29 is 49.9 Å². The second-order valence-electron chi connectivity index (χ2n) is 7.69. The maximum absolute atomic E-state index is 13.4. The summed E-state index contributed by atoms with van der Waals surface area (Å²) in [6.07, 6.45) is -1.28. The molecule has 0 saturated carbocycles. The zero-order valence-corrected chi connectivity index (χ0v) is 15.5. The summed E-state index contributed by atoms with van der Waals surface area (Å²) in [5.41, 5.74) is -0.990. The Labute approximate surface area is 153 Å². The van der Waals surface area contributed by atoms with E-state index in [1.165, 1.54) is 0 Å². The fourth-order valence-corrected chi connectivity index (χ4v) is 4.13. The van der Waals surface area contributed by atoms with Gasteiger partial charge in [-0.25, -0.2) is 0 Å². The monoisotopic (exact) mass is 422 g/mol. The van der Waals surface area contributed by atoms with E-state index in [1.807, 2.05) is 0 Å². The lowest BCUT2D eigenvalue weighted by Gasteiger charge is -2.30. The van der Waals surface area contributed by atoms with Gasteiger partial charge in [0.15, 0.2) is 0 Å². The number of hydrogen-bond donors (Lipinski definition) is 2. The third-order valence-electron chi connectivity index (χ3n) is 4.77. The molecule has 0 aromatic rings. The highest BCUT2D eigenvalue weighted by Gasteiger charge is 2.65. The van der Waals surface area contributed by atoms with Gasteiger partial charge in [-0.3, -0.25) is 9.35 Å². The summed E-state index contributed by atoms with van der Waals surface area (Å²) in [4.78, 5) is 12.1. The highest BCUT2D eigenvalue weighted by atomic mass is 32.2. The maximum atomic E-state index is 13.4. The van der Waals surface area contributed by atoms with Crippen molar-refractivity contribution in [2.24, 2.45) is 11.8 Å². The SMILES string of the molecule is CC(C)(O)CC1CC2CC(C(=O)OCCC(F)(F)C(F)(F)S(=O)(=O)O)C1O2. The smallest absolute Gasteiger partial charge is 0.431 e. The molecule has 2 rings (SSSR count). The molecule has 7 nitrogen and oxygen atoms in total. The van der Waals surface area contributed by atoms with Gasteiger partial charge in [0.05, 0.1) is 36.8 Å². The van der Waals surface area contributed by atoms with Crippen molar-refractivity contribution in [3.05, 3.63) is 0 Å². The van der Waals surface area contributed by atoms with Gasteiger partial charge in [-0.05, 0) is 39.0 Å². The lowest BCUT2D eigenvalue weighted by Crippen LogP contribution is -2.47. The van der Waals surface area contributed by atoms with Gasteiger partial charge in [-0.2, -0.15) is 26.0 Å². The molecule has 4 atom stereocenters. The van der Waals surface area contributed by atoms with Crippen molar-refractivity contribution in [3.63, 3.8) is 0 Å². The van der Waals surface area contributed by atoms with E-state index < -0.39 is 57.9 Å². The van der Waals surface area contributed by atoms with E-state index in [9.17, 15) is 35.9 Å². The molecular weight excluding hydrogens is 400 g/mol. The number of halogens is 4. The average Bonchev–Trinajstić information content (AvgIpc) is 3.03. The minimum atomic E-state index is -6.33. The van der Waals surface area contributed by atoms with Crippen molar-refractivity contribution >= 4 is 16.1 Å². The standard InChI is InChI=1S/C15H22F4O7S/c1-13(2,21)7-8-5-9-6-10(11(8)26-9)12(20)25-4-3-14(16,17)15(18,19)27(22,23)24/h8-11,21H,3-7H2,1-2H3,(H,22,23,24). The van der Waals surface area contributed by atoms with E-state index in [4.69, 9.17) is 9.29 Å². The Bertz CT molecular complexity index is 674. The lowest BCUT2D eigenvalue weighted by molar-refractivity contribution is -0.176. The predicted molar refractivity (Wildman–Crippen MR) is 82.8 cm³/mol. The van der Waals surface area contributed by atoms with Gasteiger partial charge in [0.2, 0.25) is 0 Å². The van der Waals surface area contributed by atoms with Crippen LogP contribution in [0.2, 0.25) is 0 Å². The fraction of sp³-hybridized carbons (Fsp3) is 0.933. The third kappa shape index (κ3) is 4.72. The van der Waals surface area contributed by atoms with Crippen LogP contribution in [0, 0.1) is 11.8 Å². The largest absolute Gasteiger partial charge is 0.465 e. The molecule has 2 bridgehead atoms. The minimum absolute atomic E-state index is 0.133. The predicted octanol–water partition coefficient (Wildman–Crippen LogP) is 1.99. The molecule has 12 heteroatoms. The molecule has 2 saturated heterocycles. The lowest BCUT2D eigenvalue weighted by atomic mass is 9.77. The van der Waals surface area contributed by atoms with Crippen LogP contribution in [-0.4, -0.2) is 59.6 Å². The van der Waals surface area contributed by atoms with Crippen LogP contribution in [0.25, 0.3) is 0 Å². The summed E-state index contributed by atoms with van der Waals surface area (Å²) in [6, 6.07) is 0. The van der Waals surface area contributed by atoms with Gasteiger partial charge in [0, 0.05) is 0 Å². The second kappa shape index (κ2) is 7.12. The molecule has 27 heavy (non-hydrogen) atoms. The van der Waals surface area contributed by atoms with Gasteiger partial charge in [0.25, 0.3) is 0 Å². The Morgan fingerprint density at radius 1 is 1.22 bits per heavy atom. The molecule has 2 heterocycles. The Balaban J connectivity index is 1.91. The van der Waals surface area contributed by atoms with Crippen molar-refractivity contribution in [1.82, 2.24) is 0 Å². The van der Waals surface area contributed by atoms with Crippen LogP contribution in [0.5, 0.6) is 0 Å². The number of carbonyl (C=O) groups excluding carboxylic acids is 1.